The Hall–Kier alpha value is -1.13. The van der Waals surface area contributed by atoms with Crippen molar-refractivity contribution in [3.8, 4) is 0 Å². The van der Waals surface area contributed by atoms with Gasteiger partial charge in [-0.15, -0.1) is 0 Å². The summed E-state index contributed by atoms with van der Waals surface area (Å²) >= 11 is 0. The molecular weight excluding hydrogens is 226 g/mol. The Morgan fingerprint density at radius 2 is 2.22 bits per heavy atom. The number of nitrogens with zero attached hydrogens (tertiary/aromatic N) is 2. The van der Waals surface area contributed by atoms with Crippen LogP contribution in [0.5, 0.6) is 0 Å². The van der Waals surface area contributed by atoms with Gasteiger partial charge in [0, 0.05) is 38.1 Å². The minimum absolute atomic E-state index is 0.779. The second kappa shape index (κ2) is 8.89. The van der Waals surface area contributed by atoms with E-state index in [4.69, 9.17) is 4.74 Å². The van der Waals surface area contributed by atoms with E-state index in [1.165, 1.54) is 0 Å². The van der Waals surface area contributed by atoms with E-state index >= 15 is 0 Å². The molecule has 0 amide bonds. The number of nitrogens with one attached hydrogen (secondary N) is 1. The fourth-order valence-corrected chi connectivity index (χ4v) is 1.66. The topological polar surface area (TPSA) is 37.4 Å². The van der Waals surface area contributed by atoms with Crippen LogP contribution in [0.2, 0.25) is 0 Å². The van der Waals surface area contributed by atoms with Gasteiger partial charge in [0.05, 0.1) is 12.3 Å². The first-order valence-corrected chi connectivity index (χ1v) is 6.71. The standard InChI is InChI=1S/C14H25N3O/c1-4-7-15-13-6-8-16-14(11-13)12-17(3)9-10-18-5-2/h6,8,11H,4-5,7,9-10,12H2,1-3H3,(H,15,16). The molecule has 0 fully saturated rings. The van der Waals surface area contributed by atoms with Crippen LogP contribution in [0, 0.1) is 0 Å². The van der Waals surface area contributed by atoms with Crippen LogP contribution < -0.4 is 5.32 Å². The molecule has 18 heavy (non-hydrogen) atoms. The molecular formula is C14H25N3O. The summed E-state index contributed by atoms with van der Waals surface area (Å²) in [5, 5.41) is 3.38. The van der Waals surface area contributed by atoms with Gasteiger partial charge in [-0.05, 0) is 32.5 Å². The van der Waals surface area contributed by atoms with E-state index < -0.39 is 0 Å². The Balaban J connectivity index is 2.40. The number of likely N-dealkylation sites (N-methyl/N-ethyl adjacent to an activating group) is 1. The number of hydrogen-bond acceptors (Lipinski definition) is 4. The summed E-state index contributed by atoms with van der Waals surface area (Å²) in [6, 6.07) is 4.13. The maximum atomic E-state index is 5.34. The summed E-state index contributed by atoms with van der Waals surface area (Å²) in [6.45, 7) is 8.53. The molecule has 4 heteroatoms. The Morgan fingerprint density at radius 1 is 1.39 bits per heavy atom. The van der Waals surface area contributed by atoms with Crippen molar-refractivity contribution in [3.05, 3.63) is 24.0 Å². The largest absolute Gasteiger partial charge is 0.385 e. The molecule has 0 atom stereocenters. The quantitative estimate of drug-likeness (QED) is 0.684. The summed E-state index contributed by atoms with van der Waals surface area (Å²) in [7, 11) is 2.09. The first kappa shape index (κ1) is 14.9. The highest BCUT2D eigenvalue weighted by molar-refractivity contribution is 5.43. The SMILES string of the molecule is CCCNc1ccnc(CN(C)CCOCC)c1. The Morgan fingerprint density at radius 3 is 2.94 bits per heavy atom. The van der Waals surface area contributed by atoms with E-state index in [1.54, 1.807) is 0 Å². The van der Waals surface area contributed by atoms with Crippen molar-refractivity contribution in [1.82, 2.24) is 9.88 Å². The van der Waals surface area contributed by atoms with Crippen LogP contribution in [-0.2, 0) is 11.3 Å². The second-order valence-electron chi connectivity index (χ2n) is 4.40. The molecule has 0 saturated heterocycles. The fraction of sp³-hybridized carbons (Fsp3) is 0.643. The van der Waals surface area contributed by atoms with Gasteiger partial charge in [-0.25, -0.2) is 0 Å². The van der Waals surface area contributed by atoms with Gasteiger partial charge in [-0.1, -0.05) is 6.92 Å². The Bertz CT molecular complexity index is 331. The summed E-state index contributed by atoms with van der Waals surface area (Å²) in [6.07, 6.45) is 3.00. The lowest BCUT2D eigenvalue weighted by molar-refractivity contribution is 0.120. The number of anilines is 1. The van der Waals surface area contributed by atoms with Crippen molar-refractivity contribution in [2.45, 2.75) is 26.8 Å². The van der Waals surface area contributed by atoms with Crippen molar-refractivity contribution in [1.29, 1.82) is 0 Å². The zero-order chi connectivity index (χ0) is 13.2. The average Bonchev–Trinajstić information content (AvgIpc) is 2.37. The lowest BCUT2D eigenvalue weighted by atomic mass is 10.3. The highest BCUT2D eigenvalue weighted by atomic mass is 16.5. The van der Waals surface area contributed by atoms with Gasteiger partial charge < -0.3 is 10.1 Å². The van der Waals surface area contributed by atoms with Crippen molar-refractivity contribution in [2.75, 3.05) is 38.7 Å². The van der Waals surface area contributed by atoms with Crippen LogP contribution in [0.25, 0.3) is 0 Å². The van der Waals surface area contributed by atoms with Crippen molar-refractivity contribution < 1.29 is 4.74 Å². The van der Waals surface area contributed by atoms with Gasteiger partial charge in [0.2, 0.25) is 0 Å². The first-order valence-electron chi connectivity index (χ1n) is 6.71. The third-order valence-electron chi connectivity index (χ3n) is 2.65. The third-order valence-corrected chi connectivity index (χ3v) is 2.65. The van der Waals surface area contributed by atoms with Crippen LogP contribution in [0.15, 0.2) is 18.3 Å². The molecule has 0 radical (unpaired) electrons. The van der Waals surface area contributed by atoms with Gasteiger partial charge in [-0.3, -0.25) is 9.88 Å². The zero-order valence-electron chi connectivity index (χ0n) is 11.8. The van der Waals surface area contributed by atoms with E-state index in [1.807, 2.05) is 19.2 Å². The lowest BCUT2D eigenvalue weighted by Gasteiger charge is -2.16. The number of hydrogen-bond donors (Lipinski definition) is 1. The van der Waals surface area contributed by atoms with Crippen LogP contribution in [0.3, 0.4) is 0 Å². The molecule has 0 aliphatic carbocycles. The van der Waals surface area contributed by atoms with Gasteiger partial charge >= 0.3 is 0 Å². The van der Waals surface area contributed by atoms with E-state index in [0.717, 1.165) is 50.7 Å². The fourth-order valence-electron chi connectivity index (χ4n) is 1.66. The first-order chi connectivity index (χ1) is 8.76. The molecule has 0 aliphatic heterocycles. The summed E-state index contributed by atoms with van der Waals surface area (Å²) in [5.41, 5.74) is 2.25. The van der Waals surface area contributed by atoms with Gasteiger partial charge in [-0.2, -0.15) is 0 Å². The van der Waals surface area contributed by atoms with Gasteiger partial charge in [0.25, 0.3) is 0 Å². The molecule has 1 aromatic rings. The molecule has 1 heterocycles. The van der Waals surface area contributed by atoms with Crippen molar-refractivity contribution in [2.24, 2.45) is 0 Å². The molecule has 1 aromatic heterocycles. The maximum Gasteiger partial charge on any atom is 0.0593 e. The number of pyridine rings is 1. The monoisotopic (exact) mass is 251 g/mol. The summed E-state index contributed by atoms with van der Waals surface area (Å²) in [4.78, 5) is 6.62. The van der Waals surface area contributed by atoms with Crippen molar-refractivity contribution in [3.63, 3.8) is 0 Å². The molecule has 102 valence electrons. The highest BCUT2D eigenvalue weighted by Gasteiger charge is 2.02. The molecule has 4 nitrogen and oxygen atoms in total. The number of aromatic nitrogens is 1. The molecule has 0 aliphatic rings. The normalized spacial score (nSPS) is 10.9. The minimum Gasteiger partial charge on any atom is -0.385 e. The van der Waals surface area contributed by atoms with Gasteiger partial charge in [0.15, 0.2) is 0 Å². The van der Waals surface area contributed by atoms with Crippen molar-refractivity contribution >= 4 is 5.69 Å². The third kappa shape index (κ3) is 5.98. The summed E-state index contributed by atoms with van der Waals surface area (Å²) in [5.74, 6) is 0. The summed E-state index contributed by atoms with van der Waals surface area (Å²) < 4.78 is 5.34. The predicted octanol–water partition coefficient (Wildman–Crippen LogP) is 2.37. The highest BCUT2D eigenvalue weighted by Crippen LogP contribution is 2.09. The average molecular weight is 251 g/mol. The number of ether oxygens (including phenoxy) is 1. The van der Waals surface area contributed by atoms with Crippen LogP contribution in [-0.4, -0.2) is 43.2 Å². The predicted molar refractivity (Wildman–Crippen MR) is 75.8 cm³/mol. The zero-order valence-corrected chi connectivity index (χ0v) is 11.8. The molecule has 0 aromatic carbocycles. The van der Waals surface area contributed by atoms with Gasteiger partial charge in [0.1, 0.15) is 0 Å². The van der Waals surface area contributed by atoms with Crippen LogP contribution >= 0.6 is 0 Å². The van der Waals surface area contributed by atoms with Crippen LogP contribution in [0.1, 0.15) is 26.0 Å². The minimum atomic E-state index is 0.779. The Labute approximate surface area is 110 Å². The molecule has 0 unspecified atom stereocenters. The molecule has 0 bridgehead atoms. The molecule has 0 saturated carbocycles. The molecule has 0 spiro atoms. The van der Waals surface area contributed by atoms with E-state index in [2.05, 4.69) is 35.2 Å². The molecule has 1 N–H and O–H groups in total. The van der Waals surface area contributed by atoms with E-state index in [0.29, 0.717) is 0 Å². The lowest BCUT2D eigenvalue weighted by Crippen LogP contribution is -2.23. The van der Waals surface area contributed by atoms with E-state index in [9.17, 15) is 0 Å². The second-order valence-corrected chi connectivity index (χ2v) is 4.40. The molecule has 1 rings (SSSR count). The Kier molecular flexibility index (Phi) is 7.37. The van der Waals surface area contributed by atoms with E-state index in [-0.39, 0.29) is 0 Å². The smallest absolute Gasteiger partial charge is 0.0593 e. The maximum absolute atomic E-state index is 5.34. The number of rotatable bonds is 9. The van der Waals surface area contributed by atoms with Crippen LogP contribution in [0.4, 0.5) is 5.69 Å².